The molecule has 0 aliphatic carbocycles. The maximum atomic E-state index is 5.31. The molecular formula is C20H18N6O2. The smallest absolute Gasteiger partial charge is 0.168 e. The van der Waals surface area contributed by atoms with E-state index < -0.39 is 0 Å². The molecule has 0 aliphatic rings. The largest absolute Gasteiger partial charge is 0.493 e. The van der Waals surface area contributed by atoms with Gasteiger partial charge in [-0.1, -0.05) is 18.2 Å². The predicted octanol–water partition coefficient (Wildman–Crippen LogP) is 3.28. The lowest BCUT2D eigenvalue weighted by atomic mass is 10.2. The Balaban J connectivity index is 1.59. The summed E-state index contributed by atoms with van der Waals surface area (Å²) in [5.74, 6) is 1.88. The van der Waals surface area contributed by atoms with E-state index >= 15 is 0 Å². The number of rotatable bonds is 6. The maximum absolute atomic E-state index is 5.31. The fourth-order valence-corrected chi connectivity index (χ4v) is 2.79. The number of aromatic nitrogens is 4. The average Bonchev–Trinajstić information content (AvgIpc) is 3.19. The molecule has 2 aromatic carbocycles. The first-order valence-electron chi connectivity index (χ1n) is 8.55. The van der Waals surface area contributed by atoms with Crippen LogP contribution in [0.5, 0.6) is 11.5 Å². The van der Waals surface area contributed by atoms with Gasteiger partial charge in [0.1, 0.15) is 6.33 Å². The second kappa shape index (κ2) is 7.75. The molecule has 0 bridgehead atoms. The Morgan fingerprint density at radius 2 is 1.82 bits per heavy atom. The highest BCUT2D eigenvalue weighted by Gasteiger charge is 2.10. The second-order valence-electron chi connectivity index (χ2n) is 5.84. The van der Waals surface area contributed by atoms with Crippen LogP contribution in [0.1, 0.15) is 5.56 Å². The molecule has 0 saturated heterocycles. The van der Waals surface area contributed by atoms with Crippen molar-refractivity contribution >= 4 is 23.1 Å². The van der Waals surface area contributed by atoms with Crippen molar-refractivity contribution in [3.63, 3.8) is 0 Å². The molecular weight excluding hydrogens is 356 g/mol. The zero-order valence-electron chi connectivity index (χ0n) is 15.4. The third kappa shape index (κ3) is 3.35. The zero-order chi connectivity index (χ0) is 19.3. The van der Waals surface area contributed by atoms with Crippen LogP contribution in [0, 0.1) is 0 Å². The van der Waals surface area contributed by atoms with E-state index in [0.29, 0.717) is 23.0 Å². The Labute approximate surface area is 161 Å². The normalized spacial score (nSPS) is 11.1. The highest BCUT2D eigenvalue weighted by molar-refractivity contribution is 5.88. The quantitative estimate of drug-likeness (QED) is 0.412. The fraction of sp³-hybridized carbons (Fsp3) is 0.100. The first kappa shape index (κ1) is 17.5. The summed E-state index contributed by atoms with van der Waals surface area (Å²) in [6, 6.07) is 15.4. The van der Waals surface area contributed by atoms with E-state index in [9.17, 15) is 0 Å². The average molecular weight is 374 g/mol. The summed E-state index contributed by atoms with van der Waals surface area (Å²) in [7, 11) is 3.20. The van der Waals surface area contributed by atoms with Crippen molar-refractivity contribution in [1.29, 1.82) is 0 Å². The van der Waals surface area contributed by atoms with E-state index in [-0.39, 0.29) is 0 Å². The molecule has 8 heteroatoms. The number of ether oxygens (including phenoxy) is 2. The fourth-order valence-electron chi connectivity index (χ4n) is 2.79. The molecule has 0 spiro atoms. The molecule has 8 nitrogen and oxygen atoms in total. The van der Waals surface area contributed by atoms with Crippen molar-refractivity contribution in [3.05, 3.63) is 66.6 Å². The Kier molecular flexibility index (Phi) is 4.83. The van der Waals surface area contributed by atoms with Gasteiger partial charge in [0.15, 0.2) is 23.0 Å². The second-order valence-corrected chi connectivity index (χ2v) is 5.84. The highest BCUT2D eigenvalue weighted by atomic mass is 16.5. The highest BCUT2D eigenvalue weighted by Crippen LogP contribution is 2.27. The number of methoxy groups -OCH3 is 2. The van der Waals surface area contributed by atoms with Crippen LogP contribution in [0.4, 0.5) is 5.82 Å². The molecule has 0 aliphatic heterocycles. The van der Waals surface area contributed by atoms with Gasteiger partial charge in [-0.25, -0.2) is 14.6 Å². The molecule has 1 N–H and O–H groups in total. The van der Waals surface area contributed by atoms with Crippen LogP contribution in [0.3, 0.4) is 0 Å². The van der Waals surface area contributed by atoms with E-state index in [1.807, 2.05) is 48.5 Å². The van der Waals surface area contributed by atoms with Crippen molar-refractivity contribution in [2.75, 3.05) is 19.6 Å². The molecule has 0 amide bonds. The summed E-state index contributed by atoms with van der Waals surface area (Å²) in [4.78, 5) is 8.63. The molecule has 4 aromatic rings. The lowest BCUT2D eigenvalue weighted by Gasteiger charge is -2.07. The first-order chi connectivity index (χ1) is 13.8. The minimum atomic E-state index is 0.573. The summed E-state index contributed by atoms with van der Waals surface area (Å²) in [6.45, 7) is 0. The Morgan fingerprint density at radius 1 is 1.00 bits per heavy atom. The molecule has 4 rings (SSSR count). The van der Waals surface area contributed by atoms with E-state index in [4.69, 9.17) is 9.47 Å². The number of anilines is 1. The van der Waals surface area contributed by atoms with Crippen LogP contribution < -0.4 is 14.9 Å². The number of nitrogens with one attached hydrogen (secondary N) is 1. The van der Waals surface area contributed by atoms with Gasteiger partial charge in [-0.2, -0.15) is 10.2 Å². The maximum Gasteiger partial charge on any atom is 0.168 e. The van der Waals surface area contributed by atoms with Gasteiger partial charge >= 0.3 is 0 Å². The Morgan fingerprint density at radius 3 is 2.61 bits per heavy atom. The summed E-state index contributed by atoms with van der Waals surface area (Å²) in [5.41, 5.74) is 5.44. The summed E-state index contributed by atoms with van der Waals surface area (Å²) in [5, 5.41) is 9.48. The topological polar surface area (TPSA) is 86.5 Å². The molecule has 0 fully saturated rings. The van der Waals surface area contributed by atoms with Crippen molar-refractivity contribution < 1.29 is 9.47 Å². The van der Waals surface area contributed by atoms with Gasteiger partial charge in [0.05, 0.1) is 37.7 Å². The van der Waals surface area contributed by atoms with Crippen molar-refractivity contribution in [2.24, 2.45) is 5.10 Å². The van der Waals surface area contributed by atoms with Gasteiger partial charge in [-0.3, -0.25) is 5.43 Å². The molecule has 2 heterocycles. The monoisotopic (exact) mass is 374 g/mol. The molecule has 0 saturated carbocycles. The minimum absolute atomic E-state index is 0.573. The van der Waals surface area contributed by atoms with E-state index in [1.54, 1.807) is 31.3 Å². The Bertz CT molecular complexity index is 1120. The lowest BCUT2D eigenvalue weighted by molar-refractivity contribution is 0.355. The van der Waals surface area contributed by atoms with Crippen LogP contribution in [0.15, 0.2) is 66.2 Å². The number of fused-ring (bicyclic) bond motifs is 1. The lowest BCUT2D eigenvalue weighted by Crippen LogP contribution is -1.99. The third-order valence-electron chi connectivity index (χ3n) is 4.16. The number of hydrazone groups is 1. The molecule has 2 aromatic heterocycles. The molecule has 140 valence electrons. The molecule has 0 unspecified atom stereocenters. The van der Waals surface area contributed by atoms with Crippen LogP contribution in [0.25, 0.3) is 16.7 Å². The predicted molar refractivity (Wildman–Crippen MR) is 107 cm³/mol. The number of nitrogens with zero attached hydrogens (tertiary/aromatic N) is 5. The number of para-hydroxylation sites is 1. The van der Waals surface area contributed by atoms with Crippen molar-refractivity contribution in [3.8, 4) is 17.2 Å². The van der Waals surface area contributed by atoms with Gasteiger partial charge in [0.25, 0.3) is 0 Å². The number of hydrogen-bond donors (Lipinski definition) is 1. The van der Waals surface area contributed by atoms with E-state index in [2.05, 4.69) is 25.6 Å². The van der Waals surface area contributed by atoms with Crippen molar-refractivity contribution in [2.45, 2.75) is 0 Å². The van der Waals surface area contributed by atoms with E-state index in [0.717, 1.165) is 16.6 Å². The first-order valence-corrected chi connectivity index (χ1v) is 8.55. The van der Waals surface area contributed by atoms with Crippen LogP contribution in [-0.2, 0) is 0 Å². The number of benzene rings is 2. The van der Waals surface area contributed by atoms with Gasteiger partial charge in [0, 0.05) is 0 Å². The van der Waals surface area contributed by atoms with Gasteiger partial charge in [0.2, 0.25) is 0 Å². The van der Waals surface area contributed by atoms with Gasteiger partial charge in [-0.05, 0) is 35.9 Å². The molecule has 28 heavy (non-hydrogen) atoms. The zero-order valence-corrected chi connectivity index (χ0v) is 15.4. The summed E-state index contributed by atoms with van der Waals surface area (Å²) < 4.78 is 12.3. The molecule has 0 atom stereocenters. The Hall–Kier alpha value is -3.94. The SMILES string of the molecule is COc1ccc(C=NNc2ncnc3c2cnn3-c2ccccc2)cc1OC. The van der Waals surface area contributed by atoms with Gasteiger partial charge < -0.3 is 9.47 Å². The summed E-state index contributed by atoms with van der Waals surface area (Å²) >= 11 is 0. The van der Waals surface area contributed by atoms with Crippen LogP contribution in [0.2, 0.25) is 0 Å². The molecule has 0 radical (unpaired) electrons. The summed E-state index contributed by atoms with van der Waals surface area (Å²) in [6.07, 6.45) is 4.88. The number of hydrogen-bond acceptors (Lipinski definition) is 7. The third-order valence-corrected chi connectivity index (χ3v) is 4.16. The van der Waals surface area contributed by atoms with Crippen molar-refractivity contribution in [1.82, 2.24) is 19.7 Å². The van der Waals surface area contributed by atoms with E-state index in [1.165, 1.54) is 6.33 Å². The van der Waals surface area contributed by atoms with Crippen LogP contribution >= 0.6 is 0 Å². The minimum Gasteiger partial charge on any atom is -0.493 e. The standard InChI is InChI=1S/C20H18N6O2/c1-27-17-9-8-14(10-18(17)28-2)11-23-25-19-16-12-24-26(20(16)22-13-21-19)15-6-4-3-5-7-15/h3-13H,1-2H3,(H,21,22,25). The van der Waals surface area contributed by atoms with Gasteiger partial charge in [-0.15, -0.1) is 0 Å². The van der Waals surface area contributed by atoms with Crippen LogP contribution in [-0.4, -0.2) is 40.2 Å².